The monoisotopic (exact) mass is 277 g/mol. The first-order chi connectivity index (χ1) is 10.0. The normalized spacial score (nSPS) is 10.4. The van der Waals surface area contributed by atoms with Crippen LogP contribution in [0.3, 0.4) is 0 Å². The van der Waals surface area contributed by atoms with E-state index in [0.29, 0.717) is 0 Å². The summed E-state index contributed by atoms with van der Waals surface area (Å²) in [6.45, 7) is 0. The molecule has 0 heterocycles. The molecule has 0 spiro atoms. The molecule has 106 valence electrons. The molecule has 0 N–H and O–H groups in total. The van der Waals surface area contributed by atoms with Gasteiger partial charge < -0.3 is 0 Å². The summed E-state index contributed by atoms with van der Waals surface area (Å²) in [6.07, 6.45) is 7.64. The maximum atomic E-state index is 7.64. The van der Waals surface area contributed by atoms with E-state index < -0.39 is 0 Å². The van der Waals surface area contributed by atoms with E-state index in [4.69, 9.17) is 6.42 Å². The van der Waals surface area contributed by atoms with Gasteiger partial charge in [-0.1, -0.05) is 0 Å². The van der Waals surface area contributed by atoms with Gasteiger partial charge in [-0.05, 0) is 0 Å². The molecule has 0 unspecified atom stereocenters. The van der Waals surface area contributed by atoms with E-state index in [1.807, 2.05) is 28.2 Å². The topological polar surface area (TPSA) is 6.48 Å². The summed E-state index contributed by atoms with van der Waals surface area (Å²) in [6, 6.07) is 16.6. The van der Waals surface area contributed by atoms with Crippen molar-refractivity contribution >= 4 is 11.4 Å². The predicted octanol–water partition coefficient (Wildman–Crippen LogP) is 3.54. The number of hydrogen-bond donors (Lipinski definition) is 0. The molecule has 0 aromatic heterocycles. The Morgan fingerprint density at radius 1 is 0.714 bits per heavy atom. The summed E-state index contributed by atoms with van der Waals surface area (Å²) < 4.78 is 0. The van der Waals surface area contributed by atoms with E-state index in [-0.39, 0.29) is 5.92 Å². The van der Waals surface area contributed by atoms with Crippen LogP contribution >= 0.6 is 0 Å². The van der Waals surface area contributed by atoms with E-state index in [9.17, 15) is 0 Å². The van der Waals surface area contributed by atoms with Crippen molar-refractivity contribution in [2.45, 2.75) is 5.92 Å². The average molecular weight is 277 g/mol. The Balaban J connectivity index is 2.29. The molecule has 0 fully saturated rings. The molecule has 0 aliphatic heterocycles. The Hall–Kier alpha value is -2.18. The van der Waals surface area contributed by atoms with Crippen LogP contribution in [0.15, 0.2) is 48.5 Å². The zero-order valence-electron chi connectivity index (χ0n) is 13.1. The van der Waals surface area contributed by atoms with Crippen LogP contribution in [0.25, 0.3) is 0 Å². The van der Waals surface area contributed by atoms with E-state index in [1.54, 1.807) is 0 Å². The van der Waals surface area contributed by atoms with Crippen molar-refractivity contribution in [3.05, 3.63) is 66.1 Å². The summed E-state index contributed by atoms with van der Waals surface area (Å²) in [5.41, 5.74) is 4.50. The molecule has 0 atom stereocenters. The molecule has 0 saturated heterocycles. The molecule has 2 heteroatoms. The van der Waals surface area contributed by atoms with Crippen molar-refractivity contribution in [1.29, 1.82) is 0 Å². The molecular formula is C19H21N2+. The summed E-state index contributed by atoms with van der Waals surface area (Å²) in [5, 5.41) is 0. The Morgan fingerprint density at radius 2 is 1.05 bits per heavy atom. The zero-order valence-corrected chi connectivity index (χ0v) is 13.1. The quantitative estimate of drug-likeness (QED) is 0.623. The van der Waals surface area contributed by atoms with Gasteiger partial charge in [0, 0.05) is 0 Å². The molecule has 0 radical (unpaired) electrons. The minimum atomic E-state index is -0.113. The van der Waals surface area contributed by atoms with Crippen LogP contribution in [0.5, 0.6) is 0 Å². The molecule has 2 rings (SSSR count). The molecule has 2 nitrogen and oxygen atoms in total. The van der Waals surface area contributed by atoms with E-state index >= 15 is 0 Å². The molecular weight excluding hydrogens is 256 g/mol. The maximum absolute atomic E-state index is 7.64. The molecule has 0 aliphatic rings. The van der Waals surface area contributed by atoms with Gasteiger partial charge in [-0.25, -0.2) is 0 Å². The van der Waals surface area contributed by atoms with Gasteiger partial charge in [0.2, 0.25) is 0 Å². The first-order valence-corrected chi connectivity index (χ1v) is 6.99. The number of anilines is 2. The molecule has 0 aliphatic carbocycles. The van der Waals surface area contributed by atoms with Crippen molar-refractivity contribution < 1.29 is 0 Å². The van der Waals surface area contributed by atoms with Gasteiger partial charge in [0.15, 0.2) is 0 Å². The summed E-state index contributed by atoms with van der Waals surface area (Å²) in [5.74, 6) is 2.54. The number of nitrogens with zero attached hydrogens (tertiary/aromatic N) is 2. The van der Waals surface area contributed by atoms with Crippen LogP contribution in [0.1, 0.15) is 17.0 Å². The van der Waals surface area contributed by atoms with Gasteiger partial charge in [0.05, 0.1) is 0 Å². The summed E-state index contributed by atoms with van der Waals surface area (Å²) in [7, 11) is 8.09. The standard InChI is InChI=1S/C19H21N2/c1-6-19(15-7-11-17(12-8-15)20(2)3)16-9-13-18(14-10-16)21(4)5/h7-14,19H,2-5H3/q+1. The number of hydrogen-bond acceptors (Lipinski definition) is 2. The molecule has 2 aromatic rings. The second-order valence-corrected chi connectivity index (χ2v) is 5.55. The Morgan fingerprint density at radius 3 is 1.29 bits per heavy atom. The van der Waals surface area contributed by atoms with Gasteiger partial charge in [-0.2, -0.15) is 0 Å². The second-order valence-electron chi connectivity index (χ2n) is 5.55. The average Bonchev–Trinajstić information content (AvgIpc) is 2.49. The number of benzene rings is 2. The Labute approximate surface area is 128 Å². The van der Waals surface area contributed by atoms with Crippen molar-refractivity contribution in [2.75, 3.05) is 38.0 Å². The first kappa shape index (κ1) is 15.2. The zero-order chi connectivity index (χ0) is 15.4. The first-order valence-electron chi connectivity index (χ1n) is 6.99. The number of rotatable bonds is 4. The van der Waals surface area contributed by atoms with Crippen LogP contribution in [0.2, 0.25) is 0 Å². The van der Waals surface area contributed by atoms with Gasteiger partial charge in [-0.3, -0.25) is 0 Å². The van der Waals surface area contributed by atoms with Gasteiger partial charge >= 0.3 is 127 Å². The molecule has 2 aromatic carbocycles. The summed E-state index contributed by atoms with van der Waals surface area (Å²) in [4.78, 5) is 4.14. The molecule has 0 saturated carbocycles. The van der Waals surface area contributed by atoms with Crippen LogP contribution in [0.4, 0.5) is 11.4 Å². The van der Waals surface area contributed by atoms with Crippen molar-refractivity contribution in [1.82, 2.24) is 0 Å². The third-order valence-corrected chi connectivity index (χ3v) is 3.63. The Kier molecular flexibility index (Phi) is 4.72. The molecule has 0 bridgehead atoms. The van der Waals surface area contributed by atoms with E-state index in [0.717, 1.165) is 22.5 Å². The van der Waals surface area contributed by atoms with Gasteiger partial charge in [0.1, 0.15) is 0 Å². The second kappa shape index (κ2) is 6.51. The Bertz CT molecular complexity index is 565. The predicted molar refractivity (Wildman–Crippen MR) is 90.5 cm³/mol. The van der Waals surface area contributed by atoms with E-state index in [1.165, 1.54) is 0 Å². The van der Waals surface area contributed by atoms with Crippen molar-refractivity contribution in [3.8, 4) is 5.92 Å². The molecule has 21 heavy (non-hydrogen) atoms. The SMILES string of the molecule is [C+]#CC(c1ccc(N(C)C)cc1)c1ccc(N(C)C)cc1. The van der Waals surface area contributed by atoms with Crippen LogP contribution in [-0.2, 0) is 0 Å². The fourth-order valence-electron chi connectivity index (χ4n) is 2.29. The minimum absolute atomic E-state index is 0.113. The van der Waals surface area contributed by atoms with Crippen molar-refractivity contribution in [3.63, 3.8) is 0 Å². The van der Waals surface area contributed by atoms with Crippen molar-refractivity contribution in [2.24, 2.45) is 0 Å². The summed E-state index contributed by atoms with van der Waals surface area (Å²) >= 11 is 0. The third kappa shape index (κ3) is 3.48. The van der Waals surface area contributed by atoms with Crippen LogP contribution in [-0.4, -0.2) is 28.2 Å². The van der Waals surface area contributed by atoms with Gasteiger partial charge in [-0.15, -0.1) is 0 Å². The van der Waals surface area contributed by atoms with E-state index in [2.05, 4.69) is 64.3 Å². The van der Waals surface area contributed by atoms with Crippen LogP contribution < -0.4 is 9.80 Å². The fourth-order valence-corrected chi connectivity index (χ4v) is 2.29. The van der Waals surface area contributed by atoms with Gasteiger partial charge in [0.25, 0.3) is 0 Å². The van der Waals surface area contributed by atoms with Crippen LogP contribution in [0, 0.1) is 12.3 Å². The molecule has 0 amide bonds. The third-order valence-electron chi connectivity index (χ3n) is 3.63. The fraction of sp³-hybridized carbons (Fsp3) is 0.263.